The lowest BCUT2D eigenvalue weighted by Crippen LogP contribution is -2.23. The normalized spacial score (nSPS) is 10.9. The molecule has 1 heterocycles. The minimum absolute atomic E-state index is 0.0616. The molecule has 1 aromatic heterocycles. The van der Waals surface area contributed by atoms with Gasteiger partial charge in [-0.15, -0.1) is 0 Å². The summed E-state index contributed by atoms with van der Waals surface area (Å²) in [5.74, 6) is -1.03. The number of hydrogen-bond acceptors (Lipinski definition) is 4. The van der Waals surface area contributed by atoms with Crippen LogP contribution in [0.3, 0.4) is 0 Å². The molecule has 1 amide bonds. The second kappa shape index (κ2) is 9.21. The molecule has 0 unspecified atom stereocenters. The number of hydrogen-bond donors (Lipinski definition) is 1. The Hall–Kier alpha value is -2.68. The number of thioether (sulfide) groups is 1. The van der Waals surface area contributed by atoms with Crippen LogP contribution in [0.1, 0.15) is 0 Å². The Morgan fingerprint density at radius 1 is 1.13 bits per heavy atom. The standard InChI is InChI=1S/C22H14BrClFN3O2S/c23-13-5-10-19(17(25)11-13)26-20(29)12-31-22-27-18-4-2-1-3-16(18)21(30)28(22)15-8-6-14(24)7-9-15/h1-11H,12H2,(H,26,29). The number of carbonyl (C=O) groups excluding carboxylic acids is 1. The zero-order valence-corrected chi connectivity index (χ0v) is 19.0. The van der Waals surface area contributed by atoms with E-state index in [-0.39, 0.29) is 17.0 Å². The number of halogens is 3. The molecule has 4 aromatic rings. The van der Waals surface area contributed by atoms with Gasteiger partial charge in [-0.25, -0.2) is 9.37 Å². The summed E-state index contributed by atoms with van der Waals surface area (Å²) < 4.78 is 16.0. The zero-order valence-electron chi connectivity index (χ0n) is 15.8. The van der Waals surface area contributed by atoms with E-state index < -0.39 is 11.7 Å². The van der Waals surface area contributed by atoms with Crippen molar-refractivity contribution in [1.29, 1.82) is 0 Å². The van der Waals surface area contributed by atoms with Gasteiger partial charge in [-0.2, -0.15) is 0 Å². The number of para-hydroxylation sites is 1. The third-order valence-electron chi connectivity index (χ3n) is 4.37. The van der Waals surface area contributed by atoms with Crippen LogP contribution in [-0.4, -0.2) is 21.2 Å². The van der Waals surface area contributed by atoms with E-state index in [4.69, 9.17) is 11.6 Å². The molecule has 4 rings (SSSR count). The Kier molecular flexibility index (Phi) is 6.41. The summed E-state index contributed by atoms with van der Waals surface area (Å²) in [4.78, 5) is 30.2. The van der Waals surface area contributed by atoms with Crippen LogP contribution in [0.5, 0.6) is 0 Å². The molecule has 3 aromatic carbocycles. The van der Waals surface area contributed by atoms with E-state index in [1.165, 1.54) is 16.7 Å². The quantitative estimate of drug-likeness (QED) is 0.273. The fourth-order valence-corrected chi connectivity index (χ4v) is 4.21. The van der Waals surface area contributed by atoms with Gasteiger partial charge in [0.25, 0.3) is 5.56 Å². The Labute approximate surface area is 194 Å². The number of aromatic nitrogens is 2. The Morgan fingerprint density at radius 3 is 2.61 bits per heavy atom. The Balaban J connectivity index is 1.66. The topological polar surface area (TPSA) is 64.0 Å². The van der Waals surface area contributed by atoms with Gasteiger partial charge in [0.15, 0.2) is 5.16 Å². The molecule has 0 radical (unpaired) electrons. The highest BCUT2D eigenvalue weighted by Gasteiger charge is 2.15. The summed E-state index contributed by atoms with van der Waals surface area (Å²) in [6.07, 6.45) is 0. The number of anilines is 1. The van der Waals surface area contributed by atoms with Gasteiger partial charge in [0.05, 0.1) is 28.0 Å². The number of rotatable bonds is 5. The van der Waals surface area contributed by atoms with Crippen molar-refractivity contribution in [1.82, 2.24) is 9.55 Å². The van der Waals surface area contributed by atoms with Crippen LogP contribution in [0.25, 0.3) is 16.6 Å². The first-order valence-corrected chi connectivity index (χ1v) is 11.2. The van der Waals surface area contributed by atoms with Gasteiger partial charge in [-0.05, 0) is 54.6 Å². The highest BCUT2D eigenvalue weighted by molar-refractivity contribution is 9.10. The SMILES string of the molecule is O=C(CSc1nc2ccccc2c(=O)n1-c1ccc(Cl)cc1)Nc1ccc(Br)cc1F. The summed E-state index contributed by atoms with van der Waals surface area (Å²) in [5, 5.41) is 3.88. The van der Waals surface area contributed by atoms with Gasteiger partial charge in [0, 0.05) is 9.50 Å². The molecule has 5 nitrogen and oxygen atoms in total. The lowest BCUT2D eigenvalue weighted by molar-refractivity contribution is -0.113. The Bertz CT molecular complexity index is 1350. The van der Waals surface area contributed by atoms with Gasteiger partial charge >= 0.3 is 0 Å². The van der Waals surface area contributed by atoms with Crippen molar-refractivity contribution in [2.75, 3.05) is 11.1 Å². The average Bonchev–Trinajstić information content (AvgIpc) is 2.75. The summed E-state index contributed by atoms with van der Waals surface area (Å²) in [7, 11) is 0. The fourth-order valence-electron chi connectivity index (χ4n) is 2.93. The average molecular weight is 519 g/mol. The first-order chi connectivity index (χ1) is 14.9. The third kappa shape index (κ3) is 4.81. The van der Waals surface area contributed by atoms with Crippen molar-refractivity contribution >= 4 is 61.8 Å². The van der Waals surface area contributed by atoms with E-state index in [2.05, 4.69) is 26.2 Å². The van der Waals surface area contributed by atoms with Crippen LogP contribution in [0.15, 0.2) is 81.2 Å². The van der Waals surface area contributed by atoms with Crippen LogP contribution >= 0.6 is 39.3 Å². The zero-order chi connectivity index (χ0) is 22.0. The maximum atomic E-state index is 14.0. The second-order valence-electron chi connectivity index (χ2n) is 6.49. The Morgan fingerprint density at radius 2 is 1.87 bits per heavy atom. The minimum Gasteiger partial charge on any atom is -0.323 e. The highest BCUT2D eigenvalue weighted by atomic mass is 79.9. The van der Waals surface area contributed by atoms with Gasteiger partial charge in [0.1, 0.15) is 5.82 Å². The molecule has 0 saturated heterocycles. The van der Waals surface area contributed by atoms with Crippen molar-refractivity contribution in [3.05, 3.63) is 92.4 Å². The number of fused-ring (bicyclic) bond motifs is 1. The minimum atomic E-state index is -0.547. The molecular formula is C22H14BrClFN3O2S. The molecule has 156 valence electrons. The van der Waals surface area contributed by atoms with E-state index in [9.17, 15) is 14.0 Å². The monoisotopic (exact) mass is 517 g/mol. The van der Waals surface area contributed by atoms with Crippen LogP contribution in [-0.2, 0) is 4.79 Å². The maximum absolute atomic E-state index is 14.0. The van der Waals surface area contributed by atoms with Crippen molar-refractivity contribution in [2.45, 2.75) is 5.16 Å². The predicted molar refractivity (Wildman–Crippen MR) is 126 cm³/mol. The highest BCUT2D eigenvalue weighted by Crippen LogP contribution is 2.24. The van der Waals surface area contributed by atoms with Crippen molar-refractivity contribution in [2.24, 2.45) is 0 Å². The number of carbonyl (C=O) groups is 1. The lowest BCUT2D eigenvalue weighted by atomic mass is 10.2. The number of amides is 1. The predicted octanol–water partition coefficient (Wildman–Crippen LogP) is 5.67. The molecule has 0 bridgehead atoms. The van der Waals surface area contributed by atoms with Gasteiger partial charge in [-0.3, -0.25) is 14.2 Å². The fraction of sp³-hybridized carbons (Fsp3) is 0.0455. The molecule has 31 heavy (non-hydrogen) atoms. The summed E-state index contributed by atoms with van der Waals surface area (Å²) in [6.45, 7) is 0. The molecule has 9 heteroatoms. The summed E-state index contributed by atoms with van der Waals surface area (Å²) in [6, 6.07) is 18.2. The van der Waals surface area contributed by atoms with Crippen molar-refractivity contribution < 1.29 is 9.18 Å². The van der Waals surface area contributed by atoms with E-state index >= 15 is 0 Å². The van der Waals surface area contributed by atoms with E-state index in [1.54, 1.807) is 54.6 Å². The molecule has 0 aliphatic heterocycles. The van der Waals surface area contributed by atoms with E-state index in [0.717, 1.165) is 11.8 Å². The summed E-state index contributed by atoms with van der Waals surface area (Å²) in [5.41, 5.74) is 0.930. The number of nitrogens with one attached hydrogen (secondary N) is 1. The van der Waals surface area contributed by atoms with Gasteiger partial charge in [0.2, 0.25) is 5.91 Å². The molecule has 0 saturated carbocycles. The number of nitrogens with zero attached hydrogens (tertiary/aromatic N) is 2. The van der Waals surface area contributed by atoms with Crippen LogP contribution in [0.2, 0.25) is 5.02 Å². The number of benzene rings is 3. The van der Waals surface area contributed by atoms with Crippen molar-refractivity contribution in [3.8, 4) is 5.69 Å². The largest absolute Gasteiger partial charge is 0.323 e. The lowest BCUT2D eigenvalue weighted by Gasteiger charge is -2.13. The second-order valence-corrected chi connectivity index (χ2v) is 8.78. The third-order valence-corrected chi connectivity index (χ3v) is 6.05. The van der Waals surface area contributed by atoms with Crippen LogP contribution in [0, 0.1) is 5.82 Å². The first kappa shape index (κ1) is 21.5. The molecule has 0 fully saturated rings. The van der Waals surface area contributed by atoms with Crippen molar-refractivity contribution in [3.63, 3.8) is 0 Å². The van der Waals surface area contributed by atoms with Crippen LogP contribution < -0.4 is 10.9 Å². The maximum Gasteiger partial charge on any atom is 0.266 e. The molecule has 0 atom stereocenters. The van der Waals surface area contributed by atoms with E-state index in [0.29, 0.717) is 31.2 Å². The molecule has 0 aliphatic carbocycles. The first-order valence-electron chi connectivity index (χ1n) is 9.08. The smallest absolute Gasteiger partial charge is 0.266 e. The molecule has 0 spiro atoms. The van der Waals surface area contributed by atoms with Crippen LogP contribution in [0.4, 0.5) is 10.1 Å². The molecule has 1 N–H and O–H groups in total. The summed E-state index contributed by atoms with van der Waals surface area (Å²) >= 11 is 10.2. The molecule has 0 aliphatic rings. The van der Waals surface area contributed by atoms with Gasteiger partial charge in [-0.1, -0.05) is 51.4 Å². The van der Waals surface area contributed by atoms with E-state index in [1.807, 2.05) is 0 Å². The molecular weight excluding hydrogens is 505 g/mol. The van der Waals surface area contributed by atoms with Gasteiger partial charge < -0.3 is 5.32 Å².